The highest BCUT2D eigenvalue weighted by Crippen LogP contribution is 2.21. The van der Waals surface area contributed by atoms with E-state index in [4.69, 9.17) is 14.5 Å². The molecule has 1 aromatic rings. The van der Waals surface area contributed by atoms with Gasteiger partial charge in [-0.15, -0.1) is 24.0 Å². The van der Waals surface area contributed by atoms with Gasteiger partial charge in [-0.3, -0.25) is 0 Å². The summed E-state index contributed by atoms with van der Waals surface area (Å²) < 4.78 is 11.0. The third-order valence-corrected chi connectivity index (χ3v) is 4.24. The van der Waals surface area contributed by atoms with Gasteiger partial charge in [0.15, 0.2) is 5.96 Å². The number of halogens is 1. The second-order valence-corrected chi connectivity index (χ2v) is 6.76. The van der Waals surface area contributed by atoms with Gasteiger partial charge in [0.25, 0.3) is 0 Å². The molecule has 0 bridgehead atoms. The lowest BCUT2D eigenvalue weighted by atomic mass is 10.1. The van der Waals surface area contributed by atoms with E-state index in [-0.39, 0.29) is 24.0 Å². The Balaban J connectivity index is 0.00000625. The molecule has 0 saturated carbocycles. The van der Waals surface area contributed by atoms with Crippen LogP contribution < -0.4 is 15.4 Å². The summed E-state index contributed by atoms with van der Waals surface area (Å²) in [6, 6.07) is 6.28. The third-order valence-electron chi connectivity index (χ3n) is 3.54. The van der Waals surface area contributed by atoms with E-state index in [1.807, 2.05) is 11.8 Å². The molecule has 0 aliphatic heterocycles. The van der Waals surface area contributed by atoms with Gasteiger partial charge in [0.1, 0.15) is 5.75 Å². The molecule has 0 aromatic heterocycles. The van der Waals surface area contributed by atoms with Gasteiger partial charge in [-0.2, -0.15) is 11.8 Å². The van der Waals surface area contributed by atoms with E-state index < -0.39 is 0 Å². The van der Waals surface area contributed by atoms with Crippen LogP contribution in [0.1, 0.15) is 30.9 Å². The van der Waals surface area contributed by atoms with Crippen LogP contribution in [0.25, 0.3) is 0 Å². The number of ether oxygens (including phenoxy) is 2. The molecule has 0 radical (unpaired) electrons. The first kappa shape index (κ1) is 25.3. The number of thioether (sulfide) groups is 1. The minimum atomic E-state index is 0. The fraction of sp³-hybridized carbons (Fsp3) is 0.632. The zero-order valence-electron chi connectivity index (χ0n) is 16.5. The van der Waals surface area contributed by atoms with Gasteiger partial charge in [0.05, 0.1) is 13.2 Å². The van der Waals surface area contributed by atoms with Gasteiger partial charge in [-0.1, -0.05) is 12.1 Å². The molecule has 26 heavy (non-hydrogen) atoms. The minimum absolute atomic E-state index is 0. The van der Waals surface area contributed by atoms with Crippen LogP contribution in [0.2, 0.25) is 0 Å². The number of hydrogen-bond donors (Lipinski definition) is 2. The van der Waals surface area contributed by atoms with Crippen molar-refractivity contribution in [2.24, 2.45) is 4.99 Å². The van der Waals surface area contributed by atoms with Gasteiger partial charge >= 0.3 is 0 Å². The molecule has 7 heteroatoms. The fourth-order valence-electron chi connectivity index (χ4n) is 2.24. The summed E-state index contributed by atoms with van der Waals surface area (Å²) in [6.45, 7) is 7.90. The van der Waals surface area contributed by atoms with Crippen molar-refractivity contribution in [3.05, 3.63) is 29.3 Å². The predicted molar refractivity (Wildman–Crippen MR) is 124 cm³/mol. The lowest BCUT2D eigenvalue weighted by molar-refractivity contribution is 0.172. The topological polar surface area (TPSA) is 54.9 Å². The monoisotopic (exact) mass is 495 g/mol. The van der Waals surface area contributed by atoms with Crippen molar-refractivity contribution in [2.75, 3.05) is 45.4 Å². The van der Waals surface area contributed by atoms with Crippen molar-refractivity contribution in [3.63, 3.8) is 0 Å². The number of methoxy groups -OCH3 is 1. The van der Waals surface area contributed by atoms with E-state index in [0.29, 0.717) is 19.8 Å². The van der Waals surface area contributed by atoms with Crippen LogP contribution in [-0.4, -0.2) is 51.4 Å². The molecule has 0 aliphatic carbocycles. The summed E-state index contributed by atoms with van der Waals surface area (Å²) in [5, 5.41) is 6.68. The molecule has 0 aliphatic rings. The van der Waals surface area contributed by atoms with Gasteiger partial charge in [0, 0.05) is 38.8 Å². The van der Waals surface area contributed by atoms with E-state index >= 15 is 0 Å². The Labute approximate surface area is 180 Å². The van der Waals surface area contributed by atoms with Gasteiger partial charge < -0.3 is 20.1 Å². The van der Waals surface area contributed by atoms with Crippen molar-refractivity contribution in [1.29, 1.82) is 0 Å². The van der Waals surface area contributed by atoms with Crippen LogP contribution in [0.5, 0.6) is 5.75 Å². The van der Waals surface area contributed by atoms with E-state index in [2.05, 4.69) is 48.9 Å². The minimum Gasteiger partial charge on any atom is -0.493 e. The number of nitrogens with zero attached hydrogens (tertiary/aromatic N) is 1. The summed E-state index contributed by atoms with van der Waals surface area (Å²) in [7, 11) is 1.71. The van der Waals surface area contributed by atoms with Crippen LogP contribution in [0.3, 0.4) is 0 Å². The normalized spacial score (nSPS) is 11.0. The molecule has 150 valence electrons. The smallest absolute Gasteiger partial charge is 0.191 e. The maximum atomic E-state index is 5.93. The first-order chi connectivity index (χ1) is 12.2. The van der Waals surface area contributed by atoms with Crippen LogP contribution in [0, 0.1) is 6.92 Å². The first-order valence-electron chi connectivity index (χ1n) is 8.93. The predicted octanol–water partition coefficient (Wildman–Crippen LogP) is 3.84. The van der Waals surface area contributed by atoms with Crippen molar-refractivity contribution < 1.29 is 9.47 Å². The molecule has 1 aromatic carbocycles. The molecule has 0 unspecified atom stereocenters. The Morgan fingerprint density at radius 3 is 2.69 bits per heavy atom. The number of guanidine groups is 1. The summed E-state index contributed by atoms with van der Waals surface area (Å²) in [5.74, 6) is 2.93. The number of aliphatic imine (C=N–C) groups is 1. The van der Waals surface area contributed by atoms with Crippen molar-refractivity contribution in [3.8, 4) is 5.75 Å². The Morgan fingerprint density at radius 2 is 2.00 bits per heavy atom. The van der Waals surface area contributed by atoms with E-state index in [9.17, 15) is 0 Å². The number of hydrogen-bond acceptors (Lipinski definition) is 4. The molecule has 0 fully saturated rings. The van der Waals surface area contributed by atoms with Crippen LogP contribution in [0.15, 0.2) is 23.2 Å². The zero-order valence-corrected chi connectivity index (χ0v) is 19.6. The molecular weight excluding hydrogens is 461 g/mol. The van der Waals surface area contributed by atoms with Crippen LogP contribution in [-0.2, 0) is 11.3 Å². The van der Waals surface area contributed by atoms with E-state index in [1.165, 1.54) is 5.56 Å². The fourth-order valence-corrected chi connectivity index (χ4v) is 2.67. The summed E-state index contributed by atoms with van der Waals surface area (Å²) in [6.07, 6.45) is 4.14. The third kappa shape index (κ3) is 11.1. The van der Waals surface area contributed by atoms with Gasteiger partial charge in [0.2, 0.25) is 0 Å². The highest BCUT2D eigenvalue weighted by molar-refractivity contribution is 14.0. The van der Waals surface area contributed by atoms with Crippen molar-refractivity contribution in [2.45, 2.75) is 33.2 Å². The number of aryl methyl sites for hydroxylation is 1. The Morgan fingerprint density at radius 1 is 1.19 bits per heavy atom. The summed E-state index contributed by atoms with van der Waals surface area (Å²) in [5.41, 5.74) is 2.29. The molecule has 1 rings (SSSR count). The highest BCUT2D eigenvalue weighted by atomic mass is 127. The molecule has 0 amide bonds. The number of benzene rings is 1. The van der Waals surface area contributed by atoms with E-state index in [0.717, 1.165) is 49.0 Å². The quantitative estimate of drug-likeness (QED) is 0.200. The summed E-state index contributed by atoms with van der Waals surface area (Å²) >= 11 is 1.87. The Bertz CT molecular complexity index is 516. The van der Waals surface area contributed by atoms with Gasteiger partial charge in [-0.25, -0.2) is 4.99 Å². The highest BCUT2D eigenvalue weighted by Gasteiger charge is 2.05. The molecular formula is C19H34IN3O2S. The van der Waals surface area contributed by atoms with E-state index in [1.54, 1.807) is 7.11 Å². The average molecular weight is 495 g/mol. The number of nitrogens with one attached hydrogen (secondary N) is 2. The summed E-state index contributed by atoms with van der Waals surface area (Å²) in [4.78, 5) is 4.70. The van der Waals surface area contributed by atoms with Gasteiger partial charge in [-0.05, 0) is 43.9 Å². The molecule has 0 saturated heterocycles. The lowest BCUT2D eigenvalue weighted by Gasteiger charge is -2.13. The van der Waals surface area contributed by atoms with Crippen LogP contribution in [0.4, 0.5) is 0 Å². The lowest BCUT2D eigenvalue weighted by Crippen LogP contribution is -2.37. The molecule has 0 heterocycles. The zero-order chi connectivity index (χ0) is 18.3. The maximum absolute atomic E-state index is 5.93. The number of rotatable bonds is 12. The van der Waals surface area contributed by atoms with Crippen molar-refractivity contribution in [1.82, 2.24) is 10.6 Å². The second kappa shape index (κ2) is 16.5. The molecule has 0 atom stereocenters. The molecule has 2 N–H and O–H groups in total. The SMILES string of the molecule is CCNC(=NCc1ccc(C)cc1OCCCOC)NCCCSC.I. The Hall–Kier alpha value is -0.670. The maximum Gasteiger partial charge on any atom is 0.191 e. The first-order valence-corrected chi connectivity index (χ1v) is 10.3. The Kier molecular flexibility index (Phi) is 16.1. The largest absolute Gasteiger partial charge is 0.493 e. The van der Waals surface area contributed by atoms with Crippen LogP contribution >= 0.6 is 35.7 Å². The second-order valence-electron chi connectivity index (χ2n) is 5.77. The molecule has 5 nitrogen and oxygen atoms in total. The average Bonchev–Trinajstić information content (AvgIpc) is 2.61. The molecule has 0 spiro atoms. The standard InChI is InChI=1S/C19H33N3O2S.HI/c1-5-20-19(21-10-6-13-25-4)22-15-17-9-8-16(2)14-18(17)24-12-7-11-23-3;/h8-9,14H,5-7,10-13,15H2,1-4H3,(H2,20,21,22);1H. The van der Waals surface area contributed by atoms with Crippen molar-refractivity contribution >= 4 is 41.7 Å².